The molecule has 5 rings (SSSR count). The summed E-state index contributed by atoms with van der Waals surface area (Å²) >= 11 is 0. The van der Waals surface area contributed by atoms with Gasteiger partial charge in [-0.2, -0.15) is 0 Å². The molecule has 1 aliphatic carbocycles. The smallest absolute Gasteiger partial charge is 0.277 e. The Hall–Kier alpha value is -2.70. The van der Waals surface area contributed by atoms with Crippen molar-refractivity contribution in [1.82, 2.24) is 19.9 Å². The number of carbonyl (C=O) groups is 1. The standard InChI is InChI=1S/C20H22N4O3/c25-19-15-11-16-14(12-17(15)27-18-7-4-9-23(18)19)20(26)24(22-21-16)10-8-13-5-2-1-3-6-13/h5,11-12,18H,1-4,6-10H2. The number of hydrogen-bond acceptors (Lipinski definition) is 5. The number of ether oxygens (including phenoxy) is 1. The van der Waals surface area contributed by atoms with Gasteiger partial charge in [-0.3, -0.25) is 9.59 Å². The van der Waals surface area contributed by atoms with Gasteiger partial charge in [0.2, 0.25) is 0 Å². The Labute approximate surface area is 156 Å². The molecule has 2 aromatic rings. The minimum Gasteiger partial charge on any atom is -0.470 e. The quantitative estimate of drug-likeness (QED) is 0.781. The molecule has 3 aliphatic rings. The van der Waals surface area contributed by atoms with Gasteiger partial charge in [0, 0.05) is 13.0 Å². The van der Waals surface area contributed by atoms with Crippen LogP contribution < -0.4 is 10.3 Å². The van der Waals surface area contributed by atoms with Crippen LogP contribution in [0.5, 0.6) is 5.75 Å². The maximum atomic E-state index is 12.9. The van der Waals surface area contributed by atoms with Gasteiger partial charge in [-0.15, -0.1) is 5.10 Å². The van der Waals surface area contributed by atoms with Gasteiger partial charge in [-0.25, -0.2) is 4.68 Å². The van der Waals surface area contributed by atoms with Crippen molar-refractivity contribution in [3.63, 3.8) is 0 Å². The Balaban J connectivity index is 1.48. The topological polar surface area (TPSA) is 77.3 Å². The van der Waals surface area contributed by atoms with Crippen LogP contribution in [0.1, 0.15) is 55.3 Å². The second kappa shape index (κ2) is 6.48. The summed E-state index contributed by atoms with van der Waals surface area (Å²) in [6.45, 7) is 1.24. The Morgan fingerprint density at radius 3 is 2.96 bits per heavy atom. The Morgan fingerprint density at radius 1 is 1.19 bits per heavy atom. The number of aryl methyl sites for hydroxylation is 1. The second-order valence-corrected chi connectivity index (χ2v) is 7.55. The maximum absolute atomic E-state index is 12.9. The zero-order valence-electron chi connectivity index (χ0n) is 15.2. The van der Waals surface area contributed by atoms with Gasteiger partial charge >= 0.3 is 0 Å². The Morgan fingerprint density at radius 2 is 2.11 bits per heavy atom. The molecule has 1 fully saturated rings. The lowest BCUT2D eigenvalue weighted by Gasteiger charge is -2.31. The van der Waals surface area contributed by atoms with Gasteiger partial charge in [0.25, 0.3) is 11.5 Å². The number of rotatable bonds is 3. The molecule has 0 N–H and O–H groups in total. The number of amides is 1. The molecule has 7 nitrogen and oxygen atoms in total. The molecule has 1 aromatic heterocycles. The van der Waals surface area contributed by atoms with E-state index >= 15 is 0 Å². The number of benzene rings is 1. The average Bonchev–Trinajstić information content (AvgIpc) is 3.17. The van der Waals surface area contributed by atoms with Crippen LogP contribution in [-0.4, -0.2) is 38.6 Å². The first-order valence-electron chi connectivity index (χ1n) is 9.78. The summed E-state index contributed by atoms with van der Waals surface area (Å²) < 4.78 is 7.41. The van der Waals surface area contributed by atoms with Crippen LogP contribution in [0, 0.1) is 0 Å². The van der Waals surface area contributed by atoms with Crippen molar-refractivity contribution in [3.05, 3.63) is 39.7 Å². The minimum absolute atomic E-state index is 0.0455. The highest BCUT2D eigenvalue weighted by atomic mass is 16.5. The van der Waals surface area contributed by atoms with Gasteiger partial charge in [-0.1, -0.05) is 16.9 Å². The van der Waals surface area contributed by atoms with Crippen LogP contribution in [0.15, 0.2) is 28.6 Å². The van der Waals surface area contributed by atoms with E-state index in [0.29, 0.717) is 35.3 Å². The van der Waals surface area contributed by atoms with E-state index in [0.717, 1.165) is 32.1 Å². The van der Waals surface area contributed by atoms with Crippen LogP contribution in [0.3, 0.4) is 0 Å². The molecule has 0 saturated carbocycles. The molecular formula is C20H22N4O3. The molecule has 1 saturated heterocycles. The van der Waals surface area contributed by atoms with Crippen LogP contribution in [0.4, 0.5) is 0 Å². The third-order valence-electron chi connectivity index (χ3n) is 5.80. The summed E-state index contributed by atoms with van der Waals surface area (Å²) in [6.07, 6.45) is 9.38. The number of fused-ring (bicyclic) bond motifs is 3. The van der Waals surface area contributed by atoms with Gasteiger partial charge in [0.1, 0.15) is 11.3 Å². The van der Waals surface area contributed by atoms with Gasteiger partial charge in [0.05, 0.1) is 17.5 Å². The van der Waals surface area contributed by atoms with Gasteiger partial charge < -0.3 is 9.64 Å². The van der Waals surface area contributed by atoms with Crippen LogP contribution in [0.25, 0.3) is 10.9 Å². The van der Waals surface area contributed by atoms with Crippen molar-refractivity contribution < 1.29 is 9.53 Å². The fourth-order valence-electron chi connectivity index (χ4n) is 4.29. The number of nitrogens with zero attached hydrogens (tertiary/aromatic N) is 4. The maximum Gasteiger partial charge on any atom is 0.277 e. The van der Waals surface area contributed by atoms with Crippen LogP contribution in [-0.2, 0) is 6.54 Å². The Kier molecular flexibility index (Phi) is 3.95. The summed E-state index contributed by atoms with van der Waals surface area (Å²) in [5.41, 5.74) is 2.14. The number of allylic oxidation sites excluding steroid dienone is 2. The third-order valence-corrected chi connectivity index (χ3v) is 5.80. The predicted molar refractivity (Wildman–Crippen MR) is 99.7 cm³/mol. The monoisotopic (exact) mass is 366 g/mol. The molecule has 140 valence electrons. The van der Waals surface area contributed by atoms with Gasteiger partial charge in [-0.05, 0) is 50.7 Å². The number of carbonyl (C=O) groups excluding carboxylic acids is 1. The normalized spacial score (nSPS) is 21.6. The molecule has 2 aliphatic heterocycles. The highest BCUT2D eigenvalue weighted by Gasteiger charge is 2.37. The van der Waals surface area contributed by atoms with Crippen molar-refractivity contribution >= 4 is 16.8 Å². The van der Waals surface area contributed by atoms with Crippen LogP contribution >= 0.6 is 0 Å². The van der Waals surface area contributed by atoms with E-state index in [4.69, 9.17) is 4.74 Å². The van der Waals surface area contributed by atoms with E-state index in [1.54, 1.807) is 17.0 Å². The Bertz CT molecular complexity index is 1010. The first-order chi connectivity index (χ1) is 13.2. The zero-order valence-corrected chi connectivity index (χ0v) is 15.2. The summed E-state index contributed by atoms with van der Waals surface area (Å²) in [7, 11) is 0. The zero-order chi connectivity index (χ0) is 18.4. The van der Waals surface area contributed by atoms with E-state index in [-0.39, 0.29) is 17.7 Å². The summed E-state index contributed by atoms with van der Waals surface area (Å²) in [5.74, 6) is 0.443. The lowest BCUT2D eigenvalue weighted by Crippen LogP contribution is -2.43. The third kappa shape index (κ3) is 2.81. The highest BCUT2D eigenvalue weighted by Crippen LogP contribution is 2.34. The fourth-order valence-corrected chi connectivity index (χ4v) is 4.29. The van der Waals surface area contributed by atoms with E-state index in [1.165, 1.54) is 23.1 Å². The molecule has 0 spiro atoms. The second-order valence-electron chi connectivity index (χ2n) is 7.55. The van der Waals surface area contributed by atoms with E-state index in [1.807, 2.05) is 0 Å². The molecule has 27 heavy (non-hydrogen) atoms. The first kappa shape index (κ1) is 16.5. The van der Waals surface area contributed by atoms with E-state index in [2.05, 4.69) is 16.4 Å². The highest BCUT2D eigenvalue weighted by molar-refractivity contribution is 6.01. The molecule has 3 heterocycles. The number of hydrogen-bond donors (Lipinski definition) is 0. The summed E-state index contributed by atoms with van der Waals surface area (Å²) in [4.78, 5) is 27.3. The van der Waals surface area contributed by atoms with Crippen LogP contribution in [0.2, 0.25) is 0 Å². The van der Waals surface area contributed by atoms with E-state index in [9.17, 15) is 9.59 Å². The van der Waals surface area contributed by atoms with Crippen molar-refractivity contribution in [2.45, 2.75) is 57.7 Å². The number of aromatic nitrogens is 3. The van der Waals surface area contributed by atoms with Crippen molar-refractivity contribution in [1.29, 1.82) is 0 Å². The lowest BCUT2D eigenvalue weighted by atomic mass is 9.97. The predicted octanol–water partition coefficient (Wildman–Crippen LogP) is 2.64. The lowest BCUT2D eigenvalue weighted by molar-refractivity contribution is 0.0295. The molecule has 1 atom stereocenters. The van der Waals surface area contributed by atoms with Crippen molar-refractivity contribution in [2.75, 3.05) is 6.54 Å². The molecule has 0 radical (unpaired) electrons. The minimum atomic E-state index is -0.210. The van der Waals surface area contributed by atoms with Gasteiger partial charge in [0.15, 0.2) is 6.23 Å². The fraction of sp³-hybridized carbons (Fsp3) is 0.500. The molecule has 1 amide bonds. The SMILES string of the molecule is O=C1c2cc3nnn(CCC4=CCCCC4)c(=O)c3cc2OC2CCCN12. The summed E-state index contributed by atoms with van der Waals surface area (Å²) in [5, 5.41) is 8.75. The first-order valence-corrected chi connectivity index (χ1v) is 9.78. The molecular weight excluding hydrogens is 344 g/mol. The molecule has 7 heteroatoms. The largest absolute Gasteiger partial charge is 0.470 e. The summed E-state index contributed by atoms with van der Waals surface area (Å²) in [6, 6.07) is 3.32. The molecule has 1 unspecified atom stereocenters. The van der Waals surface area contributed by atoms with Crippen molar-refractivity contribution in [2.24, 2.45) is 0 Å². The van der Waals surface area contributed by atoms with Crippen molar-refractivity contribution in [3.8, 4) is 5.75 Å². The average molecular weight is 366 g/mol. The molecule has 0 bridgehead atoms. The van der Waals surface area contributed by atoms with E-state index < -0.39 is 0 Å². The molecule has 1 aromatic carbocycles.